The van der Waals surface area contributed by atoms with Crippen LogP contribution in [0.4, 0.5) is 0 Å². The Morgan fingerprint density at radius 3 is 2.11 bits per heavy atom. The van der Waals surface area contributed by atoms with Crippen molar-refractivity contribution in [3.05, 3.63) is 105 Å². The van der Waals surface area contributed by atoms with Crippen LogP contribution in [-0.4, -0.2) is 27.8 Å². The fourth-order valence-electron chi connectivity index (χ4n) is 4.68. The maximum atomic E-state index is 10.7. The second-order valence-corrected chi connectivity index (χ2v) is 9.65. The molecular weight excluding hydrogens is 450 g/mol. The van der Waals surface area contributed by atoms with Gasteiger partial charge in [-0.25, -0.2) is 0 Å². The van der Waals surface area contributed by atoms with Crippen molar-refractivity contribution in [2.45, 2.75) is 53.0 Å². The number of hydrogen-bond acceptors (Lipinski definition) is 5. The molecule has 4 rings (SSSR count). The molecular formula is C30H33N3O3. The second kappa shape index (κ2) is 11.3. The first-order chi connectivity index (χ1) is 17.3. The molecule has 1 heterocycles. The highest BCUT2D eigenvalue weighted by atomic mass is 16.5. The Bertz CT molecular complexity index is 1300. The highest BCUT2D eigenvalue weighted by Crippen LogP contribution is 2.31. The summed E-state index contributed by atoms with van der Waals surface area (Å²) in [4.78, 5) is 15.5. The highest BCUT2D eigenvalue weighted by Gasteiger charge is 2.23. The van der Waals surface area contributed by atoms with Crippen LogP contribution < -0.4 is 5.32 Å². The summed E-state index contributed by atoms with van der Waals surface area (Å²) in [5.74, 6) is 0.310. The minimum atomic E-state index is -0.803. The van der Waals surface area contributed by atoms with Gasteiger partial charge >= 0.3 is 5.97 Å². The summed E-state index contributed by atoms with van der Waals surface area (Å²) in [6.07, 6.45) is 0.876. The fraction of sp³-hybridized carbons (Fsp3) is 0.300. The summed E-state index contributed by atoms with van der Waals surface area (Å²) >= 11 is 0. The molecule has 0 fully saturated rings. The number of carbonyl (C=O) groups is 1. The van der Waals surface area contributed by atoms with Crippen molar-refractivity contribution in [1.82, 2.24) is 15.5 Å². The number of carboxylic acids is 1. The Hall–Kier alpha value is -3.77. The number of aromatic nitrogens is 2. The lowest BCUT2D eigenvalue weighted by atomic mass is 9.89. The lowest BCUT2D eigenvalue weighted by Gasteiger charge is -2.16. The number of benzene rings is 3. The van der Waals surface area contributed by atoms with Crippen LogP contribution in [0.25, 0.3) is 11.4 Å². The Kier molecular flexibility index (Phi) is 7.96. The molecule has 0 saturated carbocycles. The van der Waals surface area contributed by atoms with Crippen molar-refractivity contribution in [3.63, 3.8) is 0 Å². The van der Waals surface area contributed by atoms with Crippen LogP contribution in [0.5, 0.6) is 0 Å². The zero-order valence-electron chi connectivity index (χ0n) is 21.3. The van der Waals surface area contributed by atoms with Gasteiger partial charge in [0.15, 0.2) is 0 Å². The lowest BCUT2D eigenvalue weighted by Crippen LogP contribution is -2.17. The van der Waals surface area contributed by atoms with Gasteiger partial charge in [0.2, 0.25) is 11.7 Å². The molecule has 0 bridgehead atoms. The minimum Gasteiger partial charge on any atom is -0.481 e. The van der Waals surface area contributed by atoms with Crippen LogP contribution in [0.2, 0.25) is 0 Å². The molecule has 0 aliphatic heterocycles. The number of rotatable bonds is 10. The molecule has 6 nitrogen and oxygen atoms in total. The number of carboxylic acid groups (broad SMARTS) is 1. The molecule has 2 N–H and O–H groups in total. The molecule has 0 aliphatic carbocycles. The van der Waals surface area contributed by atoms with E-state index in [-0.39, 0.29) is 12.3 Å². The normalized spacial score (nSPS) is 12.0. The zero-order valence-corrected chi connectivity index (χ0v) is 21.3. The molecule has 3 aromatic carbocycles. The van der Waals surface area contributed by atoms with E-state index in [1.807, 2.05) is 24.3 Å². The standard InChI is InChI=1S/C30H33N3O3/c1-19-11-20(2)14-24(13-19)17-27(26-15-21(3)12-22(4)16-26)30-32-29(33-36-30)25-7-5-23(6-8-25)18-31-10-9-28(34)35/h5-8,11-16,27,31H,9-10,17-18H2,1-4H3,(H,34,35). The summed E-state index contributed by atoms with van der Waals surface area (Å²) in [5, 5.41) is 16.2. The van der Waals surface area contributed by atoms with E-state index >= 15 is 0 Å². The Morgan fingerprint density at radius 2 is 1.50 bits per heavy atom. The van der Waals surface area contributed by atoms with Gasteiger partial charge in [0.1, 0.15) is 0 Å². The maximum Gasteiger partial charge on any atom is 0.304 e. The summed E-state index contributed by atoms with van der Waals surface area (Å²) in [6.45, 7) is 9.52. The molecule has 1 atom stereocenters. The van der Waals surface area contributed by atoms with Crippen molar-refractivity contribution in [3.8, 4) is 11.4 Å². The Balaban J connectivity index is 1.58. The number of hydrogen-bond donors (Lipinski definition) is 2. The third-order valence-electron chi connectivity index (χ3n) is 6.16. The van der Waals surface area contributed by atoms with E-state index in [4.69, 9.17) is 14.6 Å². The monoisotopic (exact) mass is 483 g/mol. The summed E-state index contributed by atoms with van der Waals surface area (Å²) in [7, 11) is 0. The van der Waals surface area contributed by atoms with E-state index in [1.54, 1.807) is 0 Å². The first kappa shape index (κ1) is 25.3. The Morgan fingerprint density at radius 1 is 0.889 bits per heavy atom. The molecule has 0 aliphatic rings. The number of aryl methyl sites for hydroxylation is 4. The first-order valence-corrected chi connectivity index (χ1v) is 12.3. The molecule has 0 spiro atoms. The topological polar surface area (TPSA) is 88.2 Å². The van der Waals surface area contributed by atoms with Crippen molar-refractivity contribution in [2.24, 2.45) is 0 Å². The van der Waals surface area contributed by atoms with E-state index < -0.39 is 5.97 Å². The second-order valence-electron chi connectivity index (χ2n) is 9.65. The molecule has 1 aromatic heterocycles. The maximum absolute atomic E-state index is 10.7. The SMILES string of the molecule is Cc1cc(C)cc(CC(c2cc(C)cc(C)c2)c2nc(-c3ccc(CNCCC(=O)O)cc3)no2)c1. The van der Waals surface area contributed by atoms with Crippen LogP contribution in [0, 0.1) is 27.7 Å². The third-order valence-corrected chi connectivity index (χ3v) is 6.16. The molecule has 4 aromatic rings. The van der Waals surface area contributed by atoms with Gasteiger partial charge in [0, 0.05) is 18.7 Å². The molecule has 36 heavy (non-hydrogen) atoms. The van der Waals surface area contributed by atoms with Crippen LogP contribution in [0.1, 0.15) is 57.2 Å². The smallest absolute Gasteiger partial charge is 0.304 e. The van der Waals surface area contributed by atoms with Gasteiger partial charge in [-0.05, 0) is 50.8 Å². The van der Waals surface area contributed by atoms with Gasteiger partial charge in [0.25, 0.3) is 0 Å². The molecule has 0 amide bonds. The van der Waals surface area contributed by atoms with Gasteiger partial charge < -0.3 is 14.9 Å². The van der Waals surface area contributed by atoms with Crippen LogP contribution in [0.3, 0.4) is 0 Å². The number of nitrogens with one attached hydrogen (secondary N) is 1. The number of nitrogens with zero attached hydrogens (tertiary/aromatic N) is 2. The summed E-state index contributed by atoms with van der Waals surface area (Å²) in [5.41, 5.74) is 9.27. The van der Waals surface area contributed by atoms with Crippen LogP contribution >= 0.6 is 0 Å². The average Bonchev–Trinajstić information content (AvgIpc) is 3.29. The van der Waals surface area contributed by atoms with Crippen LogP contribution in [-0.2, 0) is 17.8 Å². The summed E-state index contributed by atoms with van der Waals surface area (Å²) in [6, 6.07) is 21.2. The van der Waals surface area contributed by atoms with Gasteiger partial charge in [-0.1, -0.05) is 88.1 Å². The zero-order chi connectivity index (χ0) is 25.7. The van der Waals surface area contributed by atoms with Crippen molar-refractivity contribution in [2.75, 3.05) is 6.54 Å². The van der Waals surface area contributed by atoms with Crippen molar-refractivity contribution < 1.29 is 14.4 Å². The minimum absolute atomic E-state index is 0.0521. The van der Waals surface area contributed by atoms with Crippen molar-refractivity contribution in [1.29, 1.82) is 0 Å². The van der Waals surface area contributed by atoms with Gasteiger partial charge in [-0.2, -0.15) is 4.98 Å². The molecule has 1 unspecified atom stereocenters. The van der Waals surface area contributed by atoms with Gasteiger partial charge in [-0.15, -0.1) is 0 Å². The van der Waals surface area contributed by atoms with Crippen molar-refractivity contribution >= 4 is 5.97 Å². The Labute approximate surface area is 212 Å². The summed E-state index contributed by atoms with van der Waals surface area (Å²) < 4.78 is 5.85. The van der Waals surface area contributed by atoms with Crippen LogP contribution in [0.15, 0.2) is 65.2 Å². The van der Waals surface area contributed by atoms with E-state index in [2.05, 4.69) is 74.6 Å². The lowest BCUT2D eigenvalue weighted by molar-refractivity contribution is -0.136. The predicted molar refractivity (Wildman–Crippen MR) is 141 cm³/mol. The van der Waals surface area contributed by atoms with Gasteiger partial charge in [-0.3, -0.25) is 4.79 Å². The average molecular weight is 484 g/mol. The van der Waals surface area contributed by atoms with E-state index in [1.165, 1.54) is 33.4 Å². The molecule has 0 radical (unpaired) electrons. The third kappa shape index (κ3) is 6.67. The molecule has 6 heteroatoms. The van der Waals surface area contributed by atoms with E-state index in [0.29, 0.717) is 24.8 Å². The van der Waals surface area contributed by atoms with E-state index in [0.717, 1.165) is 17.5 Å². The van der Waals surface area contributed by atoms with Gasteiger partial charge in [0.05, 0.1) is 12.3 Å². The molecule has 186 valence electrons. The van der Waals surface area contributed by atoms with E-state index in [9.17, 15) is 4.79 Å². The largest absolute Gasteiger partial charge is 0.481 e. The molecule has 0 saturated heterocycles. The first-order valence-electron chi connectivity index (χ1n) is 12.3. The predicted octanol–water partition coefficient (Wildman–Crippen LogP) is 5.91. The highest BCUT2D eigenvalue weighted by molar-refractivity contribution is 5.66. The fourth-order valence-corrected chi connectivity index (χ4v) is 4.68. The quantitative estimate of drug-likeness (QED) is 0.273. The number of aliphatic carboxylic acids is 1.